The molecule has 1 fully saturated rings. The van der Waals surface area contributed by atoms with Gasteiger partial charge in [0.15, 0.2) is 0 Å². The number of phenols is 1. The van der Waals surface area contributed by atoms with Gasteiger partial charge in [0.2, 0.25) is 0 Å². The molecule has 16 heavy (non-hydrogen) atoms. The van der Waals surface area contributed by atoms with Crippen LogP contribution >= 0.6 is 15.9 Å². The van der Waals surface area contributed by atoms with Crippen LogP contribution in [-0.4, -0.2) is 34.3 Å². The molecule has 2 rings (SSSR count). The Morgan fingerprint density at radius 1 is 1.44 bits per heavy atom. The van der Waals surface area contributed by atoms with Crippen molar-refractivity contribution in [1.82, 2.24) is 4.90 Å². The van der Waals surface area contributed by atoms with Gasteiger partial charge in [-0.25, -0.2) is 0 Å². The Bertz CT molecular complexity index is 377. The van der Waals surface area contributed by atoms with E-state index in [4.69, 9.17) is 5.11 Å². The third-order valence-electron chi connectivity index (χ3n) is 2.91. The number of benzene rings is 1. The topological polar surface area (TPSA) is 40.5 Å². The zero-order valence-corrected chi connectivity index (χ0v) is 10.5. The average molecular weight is 284 g/mol. The minimum absolute atomic E-state index is 0.0588. The quantitative estimate of drug-likeness (QED) is 0.846. The number of carbonyl (C=O) groups excluding carboxylic acids is 1. The fourth-order valence-electron chi connectivity index (χ4n) is 1.93. The molecule has 1 saturated heterocycles. The van der Waals surface area contributed by atoms with Gasteiger partial charge in [-0.1, -0.05) is 15.9 Å². The maximum atomic E-state index is 12.0. The summed E-state index contributed by atoms with van der Waals surface area (Å²) < 4.78 is 0. The van der Waals surface area contributed by atoms with Gasteiger partial charge in [-0.3, -0.25) is 4.79 Å². The van der Waals surface area contributed by atoms with Gasteiger partial charge < -0.3 is 10.0 Å². The van der Waals surface area contributed by atoms with Crippen LogP contribution in [0.15, 0.2) is 24.3 Å². The van der Waals surface area contributed by atoms with Crippen LogP contribution in [0.2, 0.25) is 0 Å². The van der Waals surface area contributed by atoms with Crippen molar-refractivity contribution in [2.75, 3.05) is 18.4 Å². The fraction of sp³-hybridized carbons (Fsp3) is 0.417. The van der Waals surface area contributed by atoms with Crippen LogP contribution in [-0.2, 0) is 0 Å². The molecular formula is C12H14BrNO2. The summed E-state index contributed by atoms with van der Waals surface area (Å²) in [4.78, 5) is 13.9. The Balaban J connectivity index is 2.05. The summed E-state index contributed by atoms with van der Waals surface area (Å²) in [5.41, 5.74) is 0.646. The number of alkyl halides is 1. The molecule has 4 heteroatoms. The molecular weight excluding hydrogens is 270 g/mol. The Hall–Kier alpha value is -1.03. The zero-order chi connectivity index (χ0) is 11.5. The normalized spacial score (nSPS) is 20.1. The van der Waals surface area contributed by atoms with Crippen LogP contribution in [0.25, 0.3) is 0 Å². The first-order chi connectivity index (χ1) is 7.70. The van der Waals surface area contributed by atoms with Crippen LogP contribution in [0.3, 0.4) is 0 Å². The fourth-order valence-corrected chi connectivity index (χ4v) is 2.46. The summed E-state index contributed by atoms with van der Waals surface area (Å²) in [6.07, 6.45) is 1.06. The van der Waals surface area contributed by atoms with Crippen LogP contribution in [0.1, 0.15) is 16.8 Å². The highest BCUT2D eigenvalue weighted by Gasteiger charge is 2.25. The standard InChI is InChI=1S/C12H14BrNO2/c13-7-9-5-6-14(8-9)12(16)10-1-3-11(15)4-2-10/h1-4,9,15H,5-8H2. The summed E-state index contributed by atoms with van der Waals surface area (Å²) in [6.45, 7) is 1.65. The van der Waals surface area contributed by atoms with Crippen LogP contribution < -0.4 is 0 Å². The maximum absolute atomic E-state index is 12.0. The molecule has 1 aromatic rings. The van der Waals surface area contributed by atoms with Crippen LogP contribution in [0, 0.1) is 5.92 Å². The van der Waals surface area contributed by atoms with Gasteiger partial charge in [-0.15, -0.1) is 0 Å². The Labute approximate surface area is 103 Å². The molecule has 1 aromatic carbocycles. The number of aromatic hydroxyl groups is 1. The predicted octanol–water partition coefficient (Wildman–Crippen LogP) is 2.25. The van der Waals surface area contributed by atoms with Crippen LogP contribution in [0.5, 0.6) is 5.75 Å². The molecule has 1 aliphatic rings. The number of halogens is 1. The molecule has 0 aliphatic carbocycles. The van der Waals surface area contributed by atoms with Crippen LogP contribution in [0.4, 0.5) is 0 Å². The molecule has 1 unspecified atom stereocenters. The van der Waals surface area contributed by atoms with E-state index in [2.05, 4.69) is 15.9 Å². The highest BCUT2D eigenvalue weighted by molar-refractivity contribution is 9.09. The molecule has 1 atom stereocenters. The Morgan fingerprint density at radius 2 is 2.12 bits per heavy atom. The maximum Gasteiger partial charge on any atom is 0.253 e. The average Bonchev–Trinajstić information content (AvgIpc) is 2.77. The molecule has 1 N–H and O–H groups in total. The third kappa shape index (κ3) is 2.38. The summed E-state index contributed by atoms with van der Waals surface area (Å²) in [5.74, 6) is 0.820. The smallest absolute Gasteiger partial charge is 0.253 e. The van der Waals surface area contributed by atoms with E-state index in [0.29, 0.717) is 11.5 Å². The number of hydrogen-bond acceptors (Lipinski definition) is 2. The van der Waals surface area contributed by atoms with Gasteiger partial charge in [0.05, 0.1) is 0 Å². The first kappa shape index (κ1) is 11.5. The minimum atomic E-state index is 0.0588. The molecule has 1 heterocycles. The first-order valence-electron chi connectivity index (χ1n) is 5.35. The molecule has 1 amide bonds. The zero-order valence-electron chi connectivity index (χ0n) is 8.90. The number of phenolic OH excluding ortho intramolecular Hbond substituents is 1. The number of likely N-dealkylation sites (tertiary alicyclic amines) is 1. The summed E-state index contributed by atoms with van der Waals surface area (Å²) >= 11 is 3.45. The Kier molecular flexibility index (Phi) is 3.49. The van der Waals surface area contributed by atoms with E-state index in [0.717, 1.165) is 24.8 Å². The third-order valence-corrected chi connectivity index (χ3v) is 3.82. The summed E-state index contributed by atoms with van der Waals surface area (Å²) in [5, 5.41) is 10.1. The van der Waals surface area contributed by atoms with Crippen molar-refractivity contribution < 1.29 is 9.90 Å². The van der Waals surface area contributed by atoms with Crippen molar-refractivity contribution in [2.24, 2.45) is 5.92 Å². The summed E-state index contributed by atoms with van der Waals surface area (Å²) in [6, 6.07) is 6.43. The van der Waals surface area contributed by atoms with Gasteiger partial charge >= 0.3 is 0 Å². The lowest BCUT2D eigenvalue weighted by molar-refractivity contribution is 0.0788. The second-order valence-corrected chi connectivity index (χ2v) is 4.75. The largest absolute Gasteiger partial charge is 0.508 e. The second-order valence-electron chi connectivity index (χ2n) is 4.11. The molecule has 0 aromatic heterocycles. The lowest BCUT2D eigenvalue weighted by atomic mass is 10.2. The van der Waals surface area contributed by atoms with Crippen molar-refractivity contribution in [2.45, 2.75) is 6.42 Å². The van der Waals surface area contributed by atoms with Gasteiger partial charge in [-0.05, 0) is 36.6 Å². The molecule has 3 nitrogen and oxygen atoms in total. The molecule has 1 aliphatic heterocycles. The monoisotopic (exact) mass is 283 g/mol. The van der Waals surface area contributed by atoms with Crippen molar-refractivity contribution in [3.63, 3.8) is 0 Å². The van der Waals surface area contributed by atoms with Gasteiger partial charge in [0, 0.05) is 24.0 Å². The number of rotatable bonds is 2. The minimum Gasteiger partial charge on any atom is -0.508 e. The van der Waals surface area contributed by atoms with E-state index in [1.165, 1.54) is 0 Å². The number of hydrogen-bond donors (Lipinski definition) is 1. The van der Waals surface area contributed by atoms with Crippen molar-refractivity contribution in [3.05, 3.63) is 29.8 Å². The predicted molar refractivity (Wildman–Crippen MR) is 65.9 cm³/mol. The molecule has 86 valence electrons. The second kappa shape index (κ2) is 4.87. The van der Waals surface area contributed by atoms with Crippen molar-refractivity contribution in [3.8, 4) is 5.75 Å². The number of carbonyl (C=O) groups is 1. The van der Waals surface area contributed by atoms with E-state index < -0.39 is 0 Å². The first-order valence-corrected chi connectivity index (χ1v) is 6.47. The molecule has 0 bridgehead atoms. The van der Waals surface area contributed by atoms with E-state index in [-0.39, 0.29) is 11.7 Å². The van der Waals surface area contributed by atoms with Gasteiger partial charge in [0.1, 0.15) is 5.75 Å². The van der Waals surface area contributed by atoms with E-state index in [1.54, 1.807) is 24.3 Å². The SMILES string of the molecule is O=C(c1ccc(O)cc1)N1CCC(CBr)C1. The highest BCUT2D eigenvalue weighted by Crippen LogP contribution is 2.21. The van der Waals surface area contributed by atoms with E-state index in [9.17, 15) is 4.79 Å². The highest BCUT2D eigenvalue weighted by atomic mass is 79.9. The van der Waals surface area contributed by atoms with Gasteiger partial charge in [0.25, 0.3) is 5.91 Å². The lowest BCUT2D eigenvalue weighted by Crippen LogP contribution is -2.28. The van der Waals surface area contributed by atoms with E-state index >= 15 is 0 Å². The van der Waals surface area contributed by atoms with Crippen molar-refractivity contribution in [1.29, 1.82) is 0 Å². The van der Waals surface area contributed by atoms with E-state index in [1.807, 2.05) is 4.90 Å². The lowest BCUT2D eigenvalue weighted by Gasteiger charge is -2.16. The van der Waals surface area contributed by atoms with Crippen molar-refractivity contribution >= 4 is 21.8 Å². The van der Waals surface area contributed by atoms with Gasteiger partial charge in [-0.2, -0.15) is 0 Å². The molecule has 0 radical (unpaired) electrons. The molecule has 0 saturated carbocycles. The molecule has 0 spiro atoms. The summed E-state index contributed by atoms with van der Waals surface area (Å²) in [7, 11) is 0. The number of nitrogens with zero attached hydrogens (tertiary/aromatic N) is 1. The number of amides is 1. The Morgan fingerprint density at radius 3 is 2.69 bits per heavy atom.